The third-order valence-electron chi connectivity index (χ3n) is 3.27. The molecule has 0 saturated heterocycles. The minimum Gasteiger partial charge on any atom is -0.406 e. The smallest absolute Gasteiger partial charge is 0.406 e. The van der Waals surface area contributed by atoms with Gasteiger partial charge in [-0.25, -0.2) is 0 Å². The van der Waals surface area contributed by atoms with Crippen molar-refractivity contribution in [3.63, 3.8) is 0 Å². The number of carbonyl (C=O) groups is 1. The average Bonchev–Trinajstić information content (AvgIpc) is 2.87. The van der Waals surface area contributed by atoms with Gasteiger partial charge in [0.2, 0.25) is 5.91 Å². The summed E-state index contributed by atoms with van der Waals surface area (Å²) in [7, 11) is 0. The molecule has 1 aromatic rings. The summed E-state index contributed by atoms with van der Waals surface area (Å²) >= 11 is 0. The van der Waals surface area contributed by atoms with Gasteiger partial charge in [0.1, 0.15) is 5.75 Å². The summed E-state index contributed by atoms with van der Waals surface area (Å²) in [5.74, 6) is -0.483. The number of aliphatic hydroxyl groups excluding tert-OH is 1. The van der Waals surface area contributed by atoms with Crippen molar-refractivity contribution in [1.82, 2.24) is 5.32 Å². The molecule has 2 atom stereocenters. The van der Waals surface area contributed by atoms with Gasteiger partial charge in [-0.15, -0.1) is 13.2 Å². The first-order chi connectivity index (χ1) is 10.4. The molecule has 1 aromatic carbocycles. The Balaban J connectivity index is 1.83. The van der Waals surface area contributed by atoms with Crippen LogP contribution in [0, 0.1) is 5.92 Å². The summed E-state index contributed by atoms with van der Waals surface area (Å²) in [6.07, 6.45) is -0.314. The van der Waals surface area contributed by atoms with Gasteiger partial charge in [0.15, 0.2) is 0 Å². The summed E-state index contributed by atoms with van der Waals surface area (Å²) in [5, 5.41) is 11.8. The molecule has 1 aliphatic carbocycles. The molecule has 0 spiro atoms. The van der Waals surface area contributed by atoms with Gasteiger partial charge in [-0.1, -0.05) is 24.3 Å². The number of hydrogen-bond acceptors (Lipinski definition) is 3. The van der Waals surface area contributed by atoms with Gasteiger partial charge in [0.25, 0.3) is 0 Å². The average molecular weight is 315 g/mol. The zero-order valence-electron chi connectivity index (χ0n) is 11.6. The predicted octanol–water partition coefficient (Wildman–Crippen LogP) is 2.18. The van der Waals surface area contributed by atoms with Crippen LogP contribution in [0.5, 0.6) is 5.75 Å². The maximum absolute atomic E-state index is 12.0. The lowest BCUT2D eigenvalue weighted by Gasteiger charge is -2.13. The Bertz CT molecular complexity index is 540. The quantitative estimate of drug-likeness (QED) is 0.819. The Labute approximate surface area is 125 Å². The Hall–Kier alpha value is -2.02. The van der Waals surface area contributed by atoms with E-state index in [9.17, 15) is 18.0 Å². The van der Waals surface area contributed by atoms with E-state index in [1.165, 1.54) is 24.3 Å². The maximum Gasteiger partial charge on any atom is 0.573 e. The first-order valence-electron chi connectivity index (χ1n) is 6.79. The molecule has 0 radical (unpaired) electrons. The van der Waals surface area contributed by atoms with E-state index in [0.717, 1.165) is 0 Å². The fourth-order valence-corrected chi connectivity index (χ4v) is 2.27. The topological polar surface area (TPSA) is 58.6 Å². The summed E-state index contributed by atoms with van der Waals surface area (Å²) in [5.41, 5.74) is 0.590. The predicted molar refractivity (Wildman–Crippen MR) is 73.1 cm³/mol. The molecular formula is C15H16F3NO3. The molecule has 0 fully saturated rings. The highest BCUT2D eigenvalue weighted by Crippen LogP contribution is 2.23. The second kappa shape index (κ2) is 6.83. The second-order valence-electron chi connectivity index (χ2n) is 5.11. The second-order valence-corrected chi connectivity index (χ2v) is 5.11. The normalized spacial score (nSPS) is 20.9. The molecule has 0 heterocycles. The maximum atomic E-state index is 12.0. The highest BCUT2D eigenvalue weighted by molar-refractivity contribution is 5.79. The largest absolute Gasteiger partial charge is 0.573 e. The van der Waals surface area contributed by atoms with Gasteiger partial charge < -0.3 is 15.2 Å². The number of halogens is 3. The fraction of sp³-hybridized carbons (Fsp3) is 0.400. The molecule has 2 rings (SSSR count). The van der Waals surface area contributed by atoms with Gasteiger partial charge in [-0.2, -0.15) is 0 Å². The number of amides is 1. The monoisotopic (exact) mass is 315 g/mol. The first-order valence-corrected chi connectivity index (χ1v) is 6.79. The molecule has 120 valence electrons. The number of ether oxygens (including phenoxy) is 1. The van der Waals surface area contributed by atoms with Gasteiger partial charge in [-0.3, -0.25) is 4.79 Å². The highest BCUT2D eigenvalue weighted by atomic mass is 19.4. The molecule has 0 unspecified atom stereocenters. The molecule has 0 saturated carbocycles. The van der Waals surface area contributed by atoms with Gasteiger partial charge >= 0.3 is 6.36 Å². The zero-order valence-corrected chi connectivity index (χ0v) is 11.6. The van der Waals surface area contributed by atoms with Crippen LogP contribution in [0.2, 0.25) is 0 Å². The Morgan fingerprint density at radius 2 is 1.95 bits per heavy atom. The highest BCUT2D eigenvalue weighted by Gasteiger charge is 2.31. The number of aliphatic hydroxyl groups is 1. The third-order valence-corrected chi connectivity index (χ3v) is 3.27. The molecular weight excluding hydrogens is 299 g/mol. The number of benzene rings is 1. The summed E-state index contributed by atoms with van der Waals surface area (Å²) < 4.78 is 39.8. The van der Waals surface area contributed by atoms with E-state index in [1.807, 2.05) is 12.2 Å². The summed E-state index contributed by atoms with van der Waals surface area (Å²) in [4.78, 5) is 11.9. The van der Waals surface area contributed by atoms with Gasteiger partial charge in [0, 0.05) is 18.6 Å². The summed E-state index contributed by atoms with van der Waals surface area (Å²) in [6.45, 7) is 0.0452. The van der Waals surface area contributed by atoms with Crippen LogP contribution in [-0.2, 0) is 11.2 Å². The van der Waals surface area contributed by atoms with E-state index in [2.05, 4.69) is 10.1 Å². The number of alkyl halides is 3. The molecule has 0 aliphatic heterocycles. The van der Waals surface area contributed by atoms with Gasteiger partial charge in [-0.05, 0) is 24.1 Å². The molecule has 2 N–H and O–H groups in total. The molecule has 7 heteroatoms. The van der Waals surface area contributed by atoms with Crippen molar-refractivity contribution >= 4 is 5.91 Å². The van der Waals surface area contributed by atoms with Crippen molar-refractivity contribution < 1.29 is 27.8 Å². The lowest BCUT2D eigenvalue weighted by Crippen LogP contribution is -2.34. The molecule has 0 aromatic heterocycles. The third kappa shape index (κ3) is 5.07. The first kappa shape index (κ1) is 16.4. The van der Waals surface area contributed by atoms with Crippen LogP contribution in [0.4, 0.5) is 13.2 Å². The number of hydrogen-bond donors (Lipinski definition) is 2. The van der Waals surface area contributed by atoms with Crippen molar-refractivity contribution in [2.75, 3.05) is 6.61 Å². The standard InChI is InChI=1S/C15H16F3NO3/c16-15(17,18)22-13-5-2-10(3-6-13)8-14(21)19-12-4-1-11(7-12)9-20/h1-6,11-12,20H,7-9H2,(H,19,21)/t11-,12+/m0/s1. The van der Waals surface area contributed by atoms with Crippen LogP contribution in [0.3, 0.4) is 0 Å². The zero-order chi connectivity index (χ0) is 16.2. The molecule has 1 amide bonds. The molecule has 22 heavy (non-hydrogen) atoms. The van der Waals surface area contributed by atoms with Crippen LogP contribution in [0.1, 0.15) is 12.0 Å². The molecule has 4 nitrogen and oxygen atoms in total. The Morgan fingerprint density at radius 3 is 2.50 bits per heavy atom. The van der Waals surface area contributed by atoms with Crippen molar-refractivity contribution in [2.45, 2.75) is 25.2 Å². The van der Waals surface area contributed by atoms with Gasteiger partial charge in [0.05, 0.1) is 6.42 Å². The van der Waals surface area contributed by atoms with Crippen LogP contribution in [0.15, 0.2) is 36.4 Å². The number of rotatable bonds is 5. The Kier molecular flexibility index (Phi) is 5.07. The fourth-order valence-electron chi connectivity index (χ4n) is 2.27. The van der Waals surface area contributed by atoms with E-state index >= 15 is 0 Å². The van der Waals surface area contributed by atoms with Crippen molar-refractivity contribution in [1.29, 1.82) is 0 Å². The van der Waals surface area contributed by atoms with Crippen molar-refractivity contribution in [3.05, 3.63) is 42.0 Å². The minimum absolute atomic E-state index is 0.0452. The lowest BCUT2D eigenvalue weighted by molar-refractivity contribution is -0.274. The molecule has 0 bridgehead atoms. The van der Waals surface area contributed by atoms with Crippen LogP contribution >= 0.6 is 0 Å². The van der Waals surface area contributed by atoms with Crippen LogP contribution in [0.25, 0.3) is 0 Å². The van der Waals surface area contributed by atoms with E-state index in [4.69, 9.17) is 5.11 Å². The Morgan fingerprint density at radius 1 is 1.27 bits per heavy atom. The minimum atomic E-state index is -4.73. The van der Waals surface area contributed by atoms with Crippen molar-refractivity contribution in [3.8, 4) is 5.75 Å². The van der Waals surface area contributed by atoms with E-state index in [-0.39, 0.29) is 36.6 Å². The lowest BCUT2D eigenvalue weighted by atomic mass is 10.1. The van der Waals surface area contributed by atoms with E-state index in [0.29, 0.717) is 12.0 Å². The molecule has 1 aliphatic rings. The van der Waals surface area contributed by atoms with Crippen LogP contribution in [-0.4, -0.2) is 30.0 Å². The number of carbonyl (C=O) groups excluding carboxylic acids is 1. The number of nitrogens with one attached hydrogen (secondary N) is 1. The SMILES string of the molecule is O=C(Cc1ccc(OC(F)(F)F)cc1)N[C@@H]1C=C[C@H](CO)C1. The van der Waals surface area contributed by atoms with E-state index < -0.39 is 6.36 Å². The van der Waals surface area contributed by atoms with Crippen LogP contribution < -0.4 is 10.1 Å². The van der Waals surface area contributed by atoms with E-state index in [1.54, 1.807) is 0 Å². The van der Waals surface area contributed by atoms with Crippen molar-refractivity contribution in [2.24, 2.45) is 5.92 Å². The summed E-state index contributed by atoms with van der Waals surface area (Å²) in [6, 6.07) is 5.07.